The van der Waals surface area contributed by atoms with Crippen LogP contribution >= 0.6 is 0 Å². The third kappa shape index (κ3) is 7.17. The van der Waals surface area contributed by atoms with Crippen molar-refractivity contribution in [2.45, 2.75) is 64.8 Å². The molecule has 1 unspecified atom stereocenters. The van der Waals surface area contributed by atoms with E-state index in [2.05, 4.69) is 15.3 Å². The highest BCUT2D eigenvalue weighted by atomic mass is 19.1. The number of nitrogens with zero attached hydrogens (tertiary/aromatic N) is 3. The van der Waals surface area contributed by atoms with Crippen LogP contribution in [0, 0.1) is 12.7 Å². The molecule has 36 heavy (non-hydrogen) atoms. The first kappa shape index (κ1) is 25.9. The highest BCUT2D eigenvalue weighted by Gasteiger charge is 2.25. The minimum absolute atomic E-state index is 0.0594. The van der Waals surface area contributed by atoms with Gasteiger partial charge in [-0.05, 0) is 45.7 Å². The Morgan fingerprint density at radius 2 is 2.00 bits per heavy atom. The van der Waals surface area contributed by atoms with Gasteiger partial charge in [-0.25, -0.2) is 19.2 Å². The Morgan fingerprint density at radius 3 is 2.69 bits per heavy atom. The van der Waals surface area contributed by atoms with E-state index in [0.29, 0.717) is 49.6 Å². The molecule has 2 fully saturated rings. The quantitative estimate of drug-likeness (QED) is 0.486. The number of hydrogen-bond donors (Lipinski definition) is 1. The number of piperidine rings is 1. The zero-order chi connectivity index (χ0) is 25.5. The molecule has 0 amide bonds. The second-order valence-corrected chi connectivity index (χ2v) is 9.13. The molecular weight excluding hydrogens is 471 g/mol. The van der Waals surface area contributed by atoms with Crippen LogP contribution in [0.5, 0.6) is 17.5 Å². The highest BCUT2D eigenvalue weighted by Crippen LogP contribution is 2.31. The van der Waals surface area contributed by atoms with Gasteiger partial charge in [0.05, 0.1) is 17.8 Å². The fourth-order valence-corrected chi connectivity index (χ4v) is 3.99. The number of anilines is 1. The number of rotatable bonds is 9. The smallest absolute Gasteiger partial charge is 0.474 e. The molecule has 0 radical (unpaired) electrons. The van der Waals surface area contributed by atoms with Gasteiger partial charge >= 0.3 is 6.16 Å². The lowest BCUT2D eigenvalue weighted by atomic mass is 10.1. The SMILES string of the molecule is Cc1c(Oc2ccc(NCC3CCCO3)cc2F)ncnc1OC1CCN(OC(=O)OC(C)C)CC1. The van der Waals surface area contributed by atoms with Gasteiger partial charge in [0.1, 0.15) is 12.4 Å². The van der Waals surface area contributed by atoms with Gasteiger partial charge in [0.15, 0.2) is 11.6 Å². The van der Waals surface area contributed by atoms with Crippen molar-refractivity contribution in [2.24, 2.45) is 0 Å². The molecular formula is C25H33FN4O6. The van der Waals surface area contributed by atoms with Gasteiger partial charge in [0.25, 0.3) is 0 Å². The first-order valence-corrected chi connectivity index (χ1v) is 12.3. The van der Waals surface area contributed by atoms with Gasteiger partial charge < -0.3 is 29.1 Å². The van der Waals surface area contributed by atoms with Crippen LogP contribution in [0.25, 0.3) is 0 Å². The summed E-state index contributed by atoms with van der Waals surface area (Å²) >= 11 is 0. The van der Waals surface area contributed by atoms with Gasteiger partial charge in [0.2, 0.25) is 11.8 Å². The predicted octanol–water partition coefficient (Wildman–Crippen LogP) is 4.63. The Balaban J connectivity index is 1.30. The van der Waals surface area contributed by atoms with Crippen molar-refractivity contribution in [3.8, 4) is 17.5 Å². The van der Waals surface area contributed by atoms with Crippen LogP contribution in [-0.4, -0.2) is 65.7 Å². The van der Waals surface area contributed by atoms with Crippen molar-refractivity contribution < 1.29 is 33.0 Å². The first-order valence-electron chi connectivity index (χ1n) is 12.3. The molecule has 0 aliphatic carbocycles. The van der Waals surface area contributed by atoms with E-state index < -0.39 is 12.0 Å². The zero-order valence-corrected chi connectivity index (χ0v) is 20.9. The van der Waals surface area contributed by atoms with Gasteiger partial charge in [-0.2, -0.15) is 0 Å². The van der Waals surface area contributed by atoms with Crippen LogP contribution in [0.3, 0.4) is 0 Å². The second-order valence-electron chi connectivity index (χ2n) is 9.13. The number of benzene rings is 1. The van der Waals surface area contributed by atoms with Crippen LogP contribution in [0.4, 0.5) is 14.9 Å². The Bertz CT molecular complexity index is 1030. The van der Waals surface area contributed by atoms with E-state index in [1.165, 1.54) is 12.4 Å². The lowest BCUT2D eigenvalue weighted by Crippen LogP contribution is -2.40. The summed E-state index contributed by atoms with van der Waals surface area (Å²) in [7, 11) is 0. The molecule has 0 spiro atoms. The molecule has 1 aromatic heterocycles. The number of aromatic nitrogens is 2. The number of halogens is 1. The largest absolute Gasteiger partial charge is 0.528 e. The Morgan fingerprint density at radius 1 is 1.22 bits per heavy atom. The van der Waals surface area contributed by atoms with Gasteiger partial charge in [0, 0.05) is 50.8 Å². The number of carbonyl (C=O) groups is 1. The third-order valence-corrected chi connectivity index (χ3v) is 5.90. The van der Waals surface area contributed by atoms with E-state index in [4.69, 9.17) is 23.8 Å². The van der Waals surface area contributed by atoms with Crippen LogP contribution < -0.4 is 14.8 Å². The summed E-state index contributed by atoms with van der Waals surface area (Å²) in [6, 6.07) is 4.72. The topological polar surface area (TPSA) is 104 Å². The Labute approximate surface area is 210 Å². The maximum absolute atomic E-state index is 14.7. The summed E-state index contributed by atoms with van der Waals surface area (Å²) in [6.07, 6.45) is 3.73. The molecule has 11 heteroatoms. The molecule has 2 saturated heterocycles. The zero-order valence-electron chi connectivity index (χ0n) is 20.9. The van der Waals surface area contributed by atoms with Gasteiger partial charge in [-0.15, -0.1) is 5.06 Å². The number of nitrogens with one attached hydrogen (secondary N) is 1. The summed E-state index contributed by atoms with van der Waals surface area (Å²) in [5, 5.41) is 4.77. The summed E-state index contributed by atoms with van der Waals surface area (Å²) in [6.45, 7) is 7.71. The molecule has 1 aromatic carbocycles. The van der Waals surface area contributed by atoms with Crippen molar-refractivity contribution in [3.63, 3.8) is 0 Å². The van der Waals surface area contributed by atoms with Crippen molar-refractivity contribution in [1.82, 2.24) is 15.0 Å². The molecule has 196 valence electrons. The van der Waals surface area contributed by atoms with Crippen molar-refractivity contribution in [2.75, 3.05) is 31.6 Å². The Kier molecular flexibility index (Phi) is 8.76. The minimum Gasteiger partial charge on any atom is -0.474 e. The maximum Gasteiger partial charge on any atom is 0.528 e. The summed E-state index contributed by atoms with van der Waals surface area (Å²) in [4.78, 5) is 25.2. The molecule has 2 aliphatic rings. The fourth-order valence-electron chi connectivity index (χ4n) is 3.99. The lowest BCUT2D eigenvalue weighted by molar-refractivity contribution is -0.151. The molecule has 4 rings (SSSR count). The average molecular weight is 505 g/mol. The van der Waals surface area contributed by atoms with Crippen LogP contribution in [0.15, 0.2) is 24.5 Å². The van der Waals surface area contributed by atoms with Crippen LogP contribution in [-0.2, 0) is 14.3 Å². The molecule has 2 aromatic rings. The summed E-state index contributed by atoms with van der Waals surface area (Å²) in [5.41, 5.74) is 1.23. The Hall–Kier alpha value is -3.18. The van der Waals surface area contributed by atoms with Gasteiger partial charge in [-0.3, -0.25) is 0 Å². The van der Waals surface area contributed by atoms with Crippen LogP contribution in [0.1, 0.15) is 45.1 Å². The summed E-state index contributed by atoms with van der Waals surface area (Å²) in [5.74, 6) is 0.144. The maximum atomic E-state index is 14.7. The van der Waals surface area contributed by atoms with Crippen molar-refractivity contribution in [1.29, 1.82) is 0 Å². The molecule has 1 N–H and O–H groups in total. The van der Waals surface area contributed by atoms with Crippen molar-refractivity contribution in [3.05, 3.63) is 35.9 Å². The standard InChI is InChI=1S/C25H33FN4O6/c1-16(2)33-25(31)36-30-10-8-19(9-11-30)34-23-17(3)24(29-15-28-23)35-22-7-6-18(13-21(22)26)27-14-20-5-4-12-32-20/h6-7,13,15-16,19-20,27H,4-5,8-12,14H2,1-3H3. The van der Waals surface area contributed by atoms with E-state index >= 15 is 0 Å². The number of ether oxygens (including phenoxy) is 4. The average Bonchev–Trinajstić information content (AvgIpc) is 3.36. The molecule has 0 saturated carbocycles. The van der Waals surface area contributed by atoms with Crippen LogP contribution in [0.2, 0.25) is 0 Å². The second kappa shape index (κ2) is 12.2. The van der Waals surface area contributed by atoms with Crippen molar-refractivity contribution >= 4 is 11.8 Å². The van der Waals surface area contributed by atoms with E-state index in [1.54, 1.807) is 38.0 Å². The highest BCUT2D eigenvalue weighted by molar-refractivity contribution is 5.59. The summed E-state index contributed by atoms with van der Waals surface area (Å²) < 4.78 is 37.1. The molecule has 10 nitrogen and oxygen atoms in total. The molecule has 1 atom stereocenters. The molecule has 3 heterocycles. The fraction of sp³-hybridized carbons (Fsp3) is 0.560. The number of carbonyl (C=O) groups excluding carboxylic acids is 1. The van der Waals surface area contributed by atoms with E-state index in [1.807, 2.05) is 0 Å². The number of hydrogen-bond acceptors (Lipinski definition) is 10. The normalized spacial score (nSPS) is 18.8. The van der Waals surface area contributed by atoms with Gasteiger partial charge in [-0.1, -0.05) is 0 Å². The lowest BCUT2D eigenvalue weighted by Gasteiger charge is -2.30. The van der Waals surface area contributed by atoms with E-state index in [0.717, 1.165) is 19.4 Å². The molecule has 0 bridgehead atoms. The minimum atomic E-state index is -0.711. The molecule has 2 aliphatic heterocycles. The number of hydroxylamine groups is 2. The monoisotopic (exact) mass is 504 g/mol. The third-order valence-electron chi connectivity index (χ3n) is 5.90. The van der Waals surface area contributed by atoms with E-state index in [9.17, 15) is 9.18 Å². The first-order chi connectivity index (χ1) is 17.4. The predicted molar refractivity (Wildman–Crippen MR) is 129 cm³/mol. The van der Waals surface area contributed by atoms with E-state index in [-0.39, 0.29) is 29.9 Å².